The van der Waals surface area contributed by atoms with E-state index in [1.54, 1.807) is 6.07 Å². The lowest BCUT2D eigenvalue weighted by atomic mass is 9.67. The molecule has 5 rings (SSSR count). The number of fused-ring (bicyclic) bond motifs is 7. The molecule has 0 unspecified atom stereocenters. The Labute approximate surface area is 164 Å². The summed E-state index contributed by atoms with van der Waals surface area (Å²) in [6.45, 7) is 4.29. The number of nitrogens with one attached hydrogen (secondary N) is 1. The largest absolute Gasteiger partial charge is 0.478 e. The van der Waals surface area contributed by atoms with Crippen LogP contribution < -0.4 is 5.32 Å². The Morgan fingerprint density at radius 1 is 1.11 bits per heavy atom. The quantitative estimate of drug-likeness (QED) is 0.675. The lowest BCUT2D eigenvalue weighted by molar-refractivity contribution is 0.0697. The zero-order chi connectivity index (χ0) is 18.9. The first kappa shape index (κ1) is 17.1. The Kier molecular flexibility index (Phi) is 3.80. The summed E-state index contributed by atoms with van der Waals surface area (Å²) in [7, 11) is 0. The van der Waals surface area contributed by atoms with Crippen LogP contribution in [0.3, 0.4) is 0 Å². The lowest BCUT2D eigenvalue weighted by Gasteiger charge is -2.44. The standard InChI is InChI=1S/C23H24ClNO2/c1-11-3-4-12(2)16(7-11)22-20-14-6-5-13(8-14)19(20)17-9-15(24)10-18(23(26)27)21(17)25-22/h3-4,7,9-10,13-14,19-20,22,25H,5-6,8H2,1-2H3,(H,26,27)/t13-,14-,19+,20-,22-/m0/s1. The van der Waals surface area contributed by atoms with E-state index in [0.29, 0.717) is 34.3 Å². The van der Waals surface area contributed by atoms with Gasteiger partial charge in [0.05, 0.1) is 17.3 Å². The van der Waals surface area contributed by atoms with Gasteiger partial charge in [0.25, 0.3) is 0 Å². The van der Waals surface area contributed by atoms with Gasteiger partial charge in [0.15, 0.2) is 0 Å². The van der Waals surface area contributed by atoms with E-state index in [1.165, 1.54) is 36.0 Å². The van der Waals surface area contributed by atoms with E-state index in [1.807, 2.05) is 6.07 Å². The molecule has 2 saturated carbocycles. The molecule has 0 aromatic heterocycles. The maximum Gasteiger partial charge on any atom is 0.337 e. The first-order chi connectivity index (χ1) is 12.9. The average molecular weight is 382 g/mol. The van der Waals surface area contributed by atoms with Gasteiger partial charge in [0, 0.05) is 5.02 Å². The van der Waals surface area contributed by atoms with Crippen LogP contribution in [0, 0.1) is 31.6 Å². The highest BCUT2D eigenvalue weighted by Gasteiger charge is 2.54. The summed E-state index contributed by atoms with van der Waals surface area (Å²) in [6.07, 6.45) is 3.79. The smallest absolute Gasteiger partial charge is 0.337 e. The van der Waals surface area contributed by atoms with Crippen molar-refractivity contribution >= 4 is 23.3 Å². The van der Waals surface area contributed by atoms with Gasteiger partial charge < -0.3 is 10.4 Å². The van der Waals surface area contributed by atoms with Crippen molar-refractivity contribution in [1.82, 2.24) is 0 Å². The number of rotatable bonds is 2. The van der Waals surface area contributed by atoms with Crippen molar-refractivity contribution in [3.05, 3.63) is 63.2 Å². The van der Waals surface area contributed by atoms with E-state index in [4.69, 9.17) is 11.6 Å². The second kappa shape index (κ2) is 6.00. The first-order valence-corrected chi connectivity index (χ1v) is 10.2. The highest BCUT2D eigenvalue weighted by molar-refractivity contribution is 6.31. The summed E-state index contributed by atoms with van der Waals surface area (Å²) >= 11 is 6.33. The van der Waals surface area contributed by atoms with Crippen LogP contribution in [0.1, 0.15) is 63.8 Å². The van der Waals surface area contributed by atoms with Gasteiger partial charge in [-0.1, -0.05) is 35.4 Å². The van der Waals surface area contributed by atoms with Crippen molar-refractivity contribution < 1.29 is 9.90 Å². The number of hydrogen-bond donors (Lipinski definition) is 2. The number of halogens is 1. The lowest BCUT2D eigenvalue weighted by Crippen LogP contribution is -2.36. The molecule has 4 heteroatoms. The van der Waals surface area contributed by atoms with E-state index in [9.17, 15) is 9.90 Å². The molecule has 140 valence electrons. The topological polar surface area (TPSA) is 49.3 Å². The molecule has 2 fully saturated rings. The van der Waals surface area contributed by atoms with Gasteiger partial charge in [-0.2, -0.15) is 0 Å². The minimum atomic E-state index is -0.914. The van der Waals surface area contributed by atoms with Crippen LogP contribution in [-0.4, -0.2) is 11.1 Å². The summed E-state index contributed by atoms with van der Waals surface area (Å²) in [5, 5.41) is 14.0. The zero-order valence-electron chi connectivity index (χ0n) is 15.6. The van der Waals surface area contributed by atoms with Crippen LogP contribution in [0.5, 0.6) is 0 Å². The van der Waals surface area contributed by atoms with Crippen molar-refractivity contribution in [2.24, 2.45) is 17.8 Å². The monoisotopic (exact) mass is 381 g/mol. The first-order valence-electron chi connectivity index (χ1n) is 9.84. The van der Waals surface area contributed by atoms with Crippen LogP contribution in [0.25, 0.3) is 0 Å². The molecule has 27 heavy (non-hydrogen) atoms. The van der Waals surface area contributed by atoms with E-state index >= 15 is 0 Å². The molecule has 1 aliphatic heterocycles. The summed E-state index contributed by atoms with van der Waals surface area (Å²) in [4.78, 5) is 11.9. The molecule has 5 atom stereocenters. The van der Waals surface area contributed by atoms with E-state index in [0.717, 1.165) is 11.3 Å². The fourth-order valence-corrected chi connectivity index (χ4v) is 6.36. The van der Waals surface area contributed by atoms with E-state index < -0.39 is 5.97 Å². The fraction of sp³-hybridized carbons (Fsp3) is 0.435. The van der Waals surface area contributed by atoms with Crippen molar-refractivity contribution in [3.8, 4) is 0 Å². The Morgan fingerprint density at radius 3 is 2.67 bits per heavy atom. The predicted molar refractivity (Wildman–Crippen MR) is 108 cm³/mol. The fourth-order valence-electron chi connectivity index (χ4n) is 6.13. The minimum Gasteiger partial charge on any atom is -0.478 e. The molecule has 0 spiro atoms. The Bertz CT molecular complexity index is 954. The minimum absolute atomic E-state index is 0.164. The molecule has 0 radical (unpaired) electrons. The van der Waals surface area contributed by atoms with Gasteiger partial charge in [-0.05, 0) is 85.6 Å². The van der Waals surface area contributed by atoms with Crippen molar-refractivity contribution in [2.75, 3.05) is 5.32 Å². The van der Waals surface area contributed by atoms with Crippen molar-refractivity contribution in [2.45, 2.75) is 45.1 Å². The Balaban J connectivity index is 1.72. The maximum absolute atomic E-state index is 11.9. The molecule has 2 N–H and O–H groups in total. The zero-order valence-corrected chi connectivity index (χ0v) is 16.4. The van der Waals surface area contributed by atoms with Gasteiger partial charge in [-0.15, -0.1) is 0 Å². The number of anilines is 1. The molecule has 2 aromatic carbocycles. The number of carbonyl (C=O) groups is 1. The summed E-state index contributed by atoms with van der Waals surface area (Å²) < 4.78 is 0. The van der Waals surface area contributed by atoms with Crippen LogP contribution in [0.2, 0.25) is 5.02 Å². The van der Waals surface area contributed by atoms with Crippen molar-refractivity contribution in [1.29, 1.82) is 0 Å². The number of hydrogen-bond acceptors (Lipinski definition) is 2. The Hall–Kier alpha value is -2.00. The molecule has 0 saturated heterocycles. The third-order valence-corrected chi connectivity index (χ3v) is 7.38. The summed E-state index contributed by atoms with van der Waals surface area (Å²) in [5.74, 6) is 1.35. The third kappa shape index (κ3) is 2.51. The van der Waals surface area contributed by atoms with Crippen LogP contribution in [-0.2, 0) is 0 Å². The number of carboxylic acids is 1. The second-order valence-electron chi connectivity index (χ2n) is 8.64. The van der Waals surface area contributed by atoms with E-state index in [2.05, 4.69) is 37.4 Å². The van der Waals surface area contributed by atoms with Gasteiger partial charge >= 0.3 is 5.97 Å². The number of benzene rings is 2. The predicted octanol–water partition coefficient (Wildman–Crippen LogP) is 5.95. The average Bonchev–Trinajstić information content (AvgIpc) is 3.25. The number of carboxylic acid groups (broad SMARTS) is 1. The molecule has 2 aliphatic carbocycles. The SMILES string of the molecule is Cc1ccc(C)c([C@@H]2Nc3c(C(=O)O)cc(Cl)cc3[C@H]3[C@H]4CC[C@@H](C4)[C@@H]32)c1. The second-order valence-corrected chi connectivity index (χ2v) is 9.08. The third-order valence-electron chi connectivity index (χ3n) is 7.16. The normalized spacial score (nSPS) is 30.6. The van der Waals surface area contributed by atoms with Crippen LogP contribution in [0.15, 0.2) is 30.3 Å². The molecule has 0 amide bonds. The van der Waals surface area contributed by atoms with E-state index in [-0.39, 0.29) is 6.04 Å². The number of aryl methyl sites for hydroxylation is 2. The molecule has 2 bridgehead atoms. The molecule has 3 nitrogen and oxygen atoms in total. The van der Waals surface area contributed by atoms with Gasteiger partial charge in [-0.25, -0.2) is 4.79 Å². The van der Waals surface area contributed by atoms with Crippen LogP contribution in [0.4, 0.5) is 5.69 Å². The van der Waals surface area contributed by atoms with Crippen molar-refractivity contribution in [3.63, 3.8) is 0 Å². The summed E-state index contributed by atoms with van der Waals surface area (Å²) in [6, 6.07) is 10.4. The molecule has 1 heterocycles. The maximum atomic E-state index is 11.9. The van der Waals surface area contributed by atoms with Gasteiger partial charge in [0.2, 0.25) is 0 Å². The van der Waals surface area contributed by atoms with Crippen LogP contribution >= 0.6 is 11.6 Å². The van der Waals surface area contributed by atoms with Gasteiger partial charge in [0.1, 0.15) is 0 Å². The molecule has 2 aromatic rings. The summed E-state index contributed by atoms with van der Waals surface area (Å²) in [5.41, 5.74) is 6.04. The Morgan fingerprint density at radius 2 is 1.89 bits per heavy atom. The highest BCUT2D eigenvalue weighted by atomic mass is 35.5. The molecular weight excluding hydrogens is 358 g/mol. The highest BCUT2D eigenvalue weighted by Crippen LogP contribution is 2.64. The molecule has 3 aliphatic rings. The number of aromatic carboxylic acids is 1. The molecular formula is C23H24ClNO2. The van der Waals surface area contributed by atoms with Gasteiger partial charge in [-0.3, -0.25) is 0 Å².